The SMILES string of the molecule is CCc1ccc(N(c2ccc(C(C)(c3ccc(N(c4ccc(C)cc4)c4cccc5ccccc45)cc3)C(F)(F)F)cc2)c2cccc3ccccc23)cc1. The van der Waals surface area contributed by atoms with E-state index < -0.39 is 11.6 Å². The van der Waals surface area contributed by atoms with Crippen LogP contribution in [0.4, 0.5) is 47.3 Å². The number of halogens is 3. The molecule has 0 aliphatic rings. The summed E-state index contributed by atoms with van der Waals surface area (Å²) < 4.78 is 46.5. The predicted octanol–water partition coefficient (Wildman–Crippen LogP) is 14.7. The Morgan fingerprint density at radius 1 is 0.436 bits per heavy atom. The Bertz CT molecular complexity index is 2570. The van der Waals surface area contributed by atoms with Crippen LogP contribution in [-0.4, -0.2) is 6.18 Å². The Labute approximate surface area is 320 Å². The summed E-state index contributed by atoms with van der Waals surface area (Å²) in [6.45, 7) is 5.44. The van der Waals surface area contributed by atoms with Gasteiger partial charge in [0.05, 0.1) is 11.4 Å². The number of benzene rings is 8. The monoisotopic (exact) mass is 726 g/mol. The Hall–Kier alpha value is -6.33. The van der Waals surface area contributed by atoms with Gasteiger partial charge in [0.1, 0.15) is 5.41 Å². The van der Waals surface area contributed by atoms with Crippen LogP contribution in [0, 0.1) is 6.92 Å². The van der Waals surface area contributed by atoms with Crippen LogP contribution >= 0.6 is 0 Å². The molecule has 0 saturated carbocycles. The van der Waals surface area contributed by atoms with Crippen molar-refractivity contribution in [3.05, 3.63) is 204 Å². The lowest BCUT2D eigenvalue weighted by atomic mass is 9.75. The van der Waals surface area contributed by atoms with Gasteiger partial charge in [-0.05, 0) is 108 Å². The van der Waals surface area contributed by atoms with Gasteiger partial charge < -0.3 is 9.80 Å². The maximum atomic E-state index is 15.5. The normalized spacial score (nSPS) is 12.8. The molecule has 55 heavy (non-hydrogen) atoms. The van der Waals surface area contributed by atoms with Gasteiger partial charge in [-0.25, -0.2) is 0 Å². The van der Waals surface area contributed by atoms with E-state index in [4.69, 9.17) is 0 Å². The lowest BCUT2D eigenvalue weighted by Crippen LogP contribution is -2.40. The molecule has 0 N–H and O–H groups in total. The van der Waals surface area contributed by atoms with Crippen molar-refractivity contribution in [2.24, 2.45) is 0 Å². The molecule has 0 heterocycles. The average molecular weight is 727 g/mol. The van der Waals surface area contributed by atoms with E-state index in [1.807, 2.05) is 79.7 Å². The first-order valence-corrected chi connectivity index (χ1v) is 18.6. The number of rotatable bonds is 9. The zero-order valence-corrected chi connectivity index (χ0v) is 31.1. The highest BCUT2D eigenvalue weighted by molar-refractivity contribution is 6.00. The first-order valence-electron chi connectivity index (χ1n) is 18.6. The number of nitrogens with zero attached hydrogens (tertiary/aromatic N) is 2. The van der Waals surface area contributed by atoms with Crippen LogP contribution < -0.4 is 9.80 Å². The average Bonchev–Trinajstić information content (AvgIpc) is 3.22. The van der Waals surface area contributed by atoms with E-state index in [2.05, 4.69) is 89.5 Å². The molecular weight excluding hydrogens is 686 g/mol. The summed E-state index contributed by atoms with van der Waals surface area (Å²) in [5.74, 6) is 0. The second-order valence-corrected chi connectivity index (χ2v) is 14.2. The zero-order valence-electron chi connectivity index (χ0n) is 31.1. The lowest BCUT2D eigenvalue weighted by molar-refractivity contribution is -0.173. The summed E-state index contributed by atoms with van der Waals surface area (Å²) in [5.41, 5.74) is 5.68. The molecule has 1 unspecified atom stereocenters. The second-order valence-electron chi connectivity index (χ2n) is 14.2. The first-order chi connectivity index (χ1) is 26.7. The van der Waals surface area contributed by atoms with Gasteiger partial charge in [0.2, 0.25) is 0 Å². The maximum Gasteiger partial charge on any atom is 0.402 e. The highest BCUT2D eigenvalue weighted by atomic mass is 19.4. The maximum absolute atomic E-state index is 15.5. The molecule has 0 radical (unpaired) electrons. The van der Waals surface area contributed by atoms with Crippen molar-refractivity contribution >= 4 is 55.7 Å². The van der Waals surface area contributed by atoms with Gasteiger partial charge in [0.15, 0.2) is 0 Å². The van der Waals surface area contributed by atoms with Crippen LogP contribution in [-0.2, 0) is 11.8 Å². The minimum Gasteiger partial charge on any atom is -0.310 e. The summed E-state index contributed by atoms with van der Waals surface area (Å²) in [5, 5.41) is 4.27. The Balaban J connectivity index is 1.20. The molecule has 1 atom stereocenters. The fourth-order valence-corrected chi connectivity index (χ4v) is 7.62. The molecule has 0 aromatic heterocycles. The highest BCUT2D eigenvalue weighted by Crippen LogP contribution is 2.48. The number of alkyl halides is 3. The van der Waals surface area contributed by atoms with Crippen LogP contribution in [0.3, 0.4) is 0 Å². The second kappa shape index (κ2) is 14.5. The largest absolute Gasteiger partial charge is 0.402 e. The fourth-order valence-electron chi connectivity index (χ4n) is 7.62. The van der Waals surface area contributed by atoms with Crippen molar-refractivity contribution < 1.29 is 13.2 Å². The van der Waals surface area contributed by atoms with Gasteiger partial charge in [-0.15, -0.1) is 0 Å². The third-order valence-electron chi connectivity index (χ3n) is 10.9. The topological polar surface area (TPSA) is 6.48 Å². The lowest BCUT2D eigenvalue weighted by Gasteiger charge is -2.34. The van der Waals surface area contributed by atoms with Crippen molar-refractivity contribution in [1.82, 2.24) is 0 Å². The Kier molecular flexibility index (Phi) is 9.40. The molecule has 8 aromatic rings. The van der Waals surface area contributed by atoms with Crippen LogP contribution in [0.1, 0.15) is 36.1 Å². The first kappa shape index (κ1) is 35.7. The number of anilines is 6. The third-order valence-corrected chi connectivity index (χ3v) is 10.9. The molecule has 0 saturated heterocycles. The van der Waals surface area contributed by atoms with Crippen LogP contribution in [0.5, 0.6) is 0 Å². The quantitative estimate of drug-likeness (QED) is 0.146. The molecule has 0 aliphatic carbocycles. The number of fused-ring (bicyclic) bond motifs is 2. The van der Waals surface area contributed by atoms with E-state index in [0.717, 1.165) is 67.7 Å². The molecule has 5 heteroatoms. The van der Waals surface area contributed by atoms with Crippen LogP contribution in [0.2, 0.25) is 0 Å². The van der Waals surface area contributed by atoms with E-state index in [0.29, 0.717) is 0 Å². The molecule has 8 rings (SSSR count). The van der Waals surface area contributed by atoms with Gasteiger partial charge in [0.25, 0.3) is 0 Å². The van der Waals surface area contributed by atoms with E-state index in [-0.39, 0.29) is 11.1 Å². The Morgan fingerprint density at radius 2 is 0.800 bits per heavy atom. The minimum atomic E-state index is -4.58. The summed E-state index contributed by atoms with van der Waals surface area (Å²) in [4.78, 5) is 4.23. The van der Waals surface area contributed by atoms with E-state index in [9.17, 15) is 0 Å². The van der Waals surface area contributed by atoms with Gasteiger partial charge in [-0.1, -0.05) is 134 Å². The third kappa shape index (κ3) is 6.61. The number of aryl methyl sites for hydroxylation is 2. The fraction of sp³-hybridized carbons (Fsp3) is 0.120. The van der Waals surface area contributed by atoms with E-state index in [1.54, 1.807) is 36.4 Å². The Morgan fingerprint density at radius 3 is 1.20 bits per heavy atom. The van der Waals surface area contributed by atoms with Crippen molar-refractivity contribution in [2.75, 3.05) is 9.80 Å². The molecular formula is C50H41F3N2. The van der Waals surface area contributed by atoms with Crippen molar-refractivity contribution in [3.8, 4) is 0 Å². The standard InChI is InChI=1S/C50H41F3N2/c1-4-36-21-29-42(30-22-36)55(48-18-10-14-38-12-6-8-16-46(38)48)44-33-25-40(26-34-44)49(3,50(51,52)53)39-23-31-43(32-24-39)54(41-27-19-35(2)20-28-41)47-17-9-13-37-11-5-7-15-45(37)47/h5-34H,4H2,1-3H3. The summed E-state index contributed by atoms with van der Waals surface area (Å²) in [6.07, 6.45) is -3.67. The molecule has 8 aromatic carbocycles. The van der Waals surface area contributed by atoms with Crippen LogP contribution in [0.15, 0.2) is 182 Å². The summed E-state index contributed by atoms with van der Waals surface area (Å²) >= 11 is 0. The molecule has 2 nitrogen and oxygen atoms in total. The van der Waals surface area contributed by atoms with E-state index >= 15 is 13.2 Å². The molecule has 272 valence electrons. The summed E-state index contributed by atoms with van der Waals surface area (Å²) in [7, 11) is 0. The van der Waals surface area contributed by atoms with Crippen LogP contribution in [0.25, 0.3) is 21.5 Å². The minimum absolute atomic E-state index is 0.166. The number of hydrogen-bond donors (Lipinski definition) is 0. The van der Waals surface area contributed by atoms with Crippen molar-refractivity contribution in [1.29, 1.82) is 0 Å². The van der Waals surface area contributed by atoms with Crippen molar-refractivity contribution in [2.45, 2.75) is 38.8 Å². The van der Waals surface area contributed by atoms with Gasteiger partial charge in [0, 0.05) is 33.5 Å². The molecule has 0 spiro atoms. The molecule has 0 amide bonds. The number of hydrogen-bond acceptors (Lipinski definition) is 2. The van der Waals surface area contributed by atoms with Gasteiger partial charge in [-0.2, -0.15) is 13.2 Å². The summed E-state index contributed by atoms with van der Waals surface area (Å²) in [6, 6.07) is 58.9. The predicted molar refractivity (Wildman–Crippen MR) is 224 cm³/mol. The van der Waals surface area contributed by atoms with Gasteiger partial charge in [-0.3, -0.25) is 0 Å². The smallest absolute Gasteiger partial charge is 0.310 e. The molecule has 0 bridgehead atoms. The van der Waals surface area contributed by atoms with Crippen molar-refractivity contribution in [3.63, 3.8) is 0 Å². The molecule has 0 fully saturated rings. The molecule has 0 aliphatic heterocycles. The zero-order chi connectivity index (χ0) is 38.2. The highest BCUT2D eigenvalue weighted by Gasteiger charge is 2.53. The van der Waals surface area contributed by atoms with E-state index in [1.165, 1.54) is 12.5 Å². The van der Waals surface area contributed by atoms with Gasteiger partial charge >= 0.3 is 6.18 Å².